The van der Waals surface area contributed by atoms with Crippen molar-refractivity contribution in [2.75, 3.05) is 87.4 Å². The van der Waals surface area contributed by atoms with Crippen molar-refractivity contribution in [3.63, 3.8) is 0 Å². The molecule has 0 bridgehead atoms. The number of aromatic nitrogens is 8. The first kappa shape index (κ1) is 58.9. The number of benzene rings is 4. The van der Waals surface area contributed by atoms with Gasteiger partial charge in [-0.3, -0.25) is 29.4 Å². The summed E-state index contributed by atoms with van der Waals surface area (Å²) < 4.78 is 104. The van der Waals surface area contributed by atoms with E-state index in [9.17, 15) is 31.3 Å². The fraction of sp³-hybridized carbons (Fsp3) is 0.404. The molecule has 28 heteroatoms. The van der Waals surface area contributed by atoms with E-state index in [1.54, 1.807) is 12.1 Å². The number of para-hydroxylation sites is 1. The molecular formula is C57H66F3N17O6S2. The van der Waals surface area contributed by atoms with Crippen LogP contribution in [0, 0.1) is 27.6 Å². The van der Waals surface area contributed by atoms with E-state index in [0.717, 1.165) is 116 Å². The number of nitrogens with two attached hydrogens (primary N) is 2. The molecule has 4 aromatic heterocycles. The number of nitro groups is 1. The maximum absolute atomic E-state index is 15.4. The molecule has 4 aliphatic rings. The van der Waals surface area contributed by atoms with Crippen molar-refractivity contribution in [1.29, 1.82) is 0 Å². The number of nitrogens with one attached hydrogen (secondary N) is 2. The van der Waals surface area contributed by atoms with Crippen LogP contribution in [0.1, 0.15) is 69.0 Å². The SMILES string of the molecule is CN1CCN(C2CCC(n3nc(-c4ccc(NS(=O)(=O)Cc5ccccc5[N+](=O)[O-])c(F)c4)c4c(N)ncnc43)CC2)CC1.CN1CCN(C2CCC(n3nc(-c4ccc(NS(=O)(=O)c5ccccc5F)c(F)c4)c4c(N)ncnc43)CC2)CC1. The molecule has 6 heterocycles. The second-order valence-corrected chi connectivity index (χ2v) is 25.6. The molecule has 448 valence electrons. The van der Waals surface area contributed by atoms with Gasteiger partial charge in [0.15, 0.2) is 11.3 Å². The van der Waals surface area contributed by atoms with Crippen LogP contribution in [-0.4, -0.2) is 159 Å². The zero-order valence-corrected chi connectivity index (χ0v) is 48.6. The number of likely N-dealkylation sites (N-methyl/N-ethyl adjacent to an activating group) is 2. The predicted molar refractivity (Wildman–Crippen MR) is 318 cm³/mol. The molecule has 2 aliphatic heterocycles. The summed E-state index contributed by atoms with van der Waals surface area (Å²) in [6, 6.07) is 19.8. The third-order valence-corrected chi connectivity index (χ3v) is 19.4. The highest BCUT2D eigenvalue weighted by atomic mass is 32.2. The fourth-order valence-electron chi connectivity index (χ4n) is 12.2. The Labute approximate surface area is 489 Å². The number of hydrogen-bond acceptors (Lipinski definition) is 18. The maximum Gasteiger partial charge on any atom is 0.273 e. The van der Waals surface area contributed by atoms with Crippen LogP contribution >= 0.6 is 0 Å². The smallest absolute Gasteiger partial charge is 0.273 e. The minimum Gasteiger partial charge on any atom is -0.383 e. The van der Waals surface area contributed by atoms with Gasteiger partial charge in [-0.1, -0.05) is 42.5 Å². The first-order valence-corrected chi connectivity index (χ1v) is 31.4. The molecule has 0 spiro atoms. The van der Waals surface area contributed by atoms with Gasteiger partial charge in [-0.15, -0.1) is 0 Å². The fourth-order valence-corrected chi connectivity index (χ4v) is 14.6. The van der Waals surface area contributed by atoms with Crippen LogP contribution in [0.25, 0.3) is 44.6 Å². The van der Waals surface area contributed by atoms with Crippen LogP contribution < -0.4 is 20.9 Å². The van der Waals surface area contributed by atoms with Gasteiger partial charge in [0.25, 0.3) is 15.7 Å². The summed E-state index contributed by atoms with van der Waals surface area (Å²) in [5.41, 5.74) is 14.4. The zero-order chi connectivity index (χ0) is 59.7. The highest BCUT2D eigenvalue weighted by Gasteiger charge is 2.34. The van der Waals surface area contributed by atoms with E-state index in [4.69, 9.17) is 21.7 Å². The molecule has 0 atom stereocenters. The van der Waals surface area contributed by atoms with Crippen LogP contribution in [-0.2, 0) is 25.8 Å². The Hall–Kier alpha value is -7.89. The number of rotatable bonds is 14. The summed E-state index contributed by atoms with van der Waals surface area (Å²) in [4.78, 5) is 37.2. The van der Waals surface area contributed by atoms with Crippen molar-refractivity contribution in [3.05, 3.63) is 131 Å². The normalized spacial score (nSPS) is 20.5. The molecule has 2 saturated carbocycles. The summed E-state index contributed by atoms with van der Waals surface area (Å²) in [5, 5.41) is 22.1. The number of piperazine rings is 2. The van der Waals surface area contributed by atoms with Crippen LogP contribution in [0.5, 0.6) is 0 Å². The van der Waals surface area contributed by atoms with Crippen molar-refractivity contribution in [3.8, 4) is 22.5 Å². The molecule has 0 amide bonds. The number of nitro benzene ring substituents is 1. The predicted octanol–water partition coefficient (Wildman–Crippen LogP) is 7.68. The highest BCUT2D eigenvalue weighted by Crippen LogP contribution is 2.40. The van der Waals surface area contributed by atoms with E-state index in [2.05, 4.69) is 63.1 Å². The second-order valence-electron chi connectivity index (χ2n) is 22.3. The lowest BCUT2D eigenvalue weighted by atomic mass is 9.90. The van der Waals surface area contributed by atoms with Crippen molar-refractivity contribution < 1.29 is 34.9 Å². The lowest BCUT2D eigenvalue weighted by Crippen LogP contribution is -2.49. The van der Waals surface area contributed by atoms with Crippen LogP contribution in [0.3, 0.4) is 0 Å². The lowest BCUT2D eigenvalue weighted by molar-refractivity contribution is -0.385. The van der Waals surface area contributed by atoms with E-state index in [0.29, 0.717) is 56.7 Å². The Balaban J connectivity index is 0.000000177. The quantitative estimate of drug-likeness (QED) is 0.0599. The first-order chi connectivity index (χ1) is 40.8. The topological polar surface area (TPSA) is 288 Å². The monoisotopic (exact) mass is 1210 g/mol. The van der Waals surface area contributed by atoms with Crippen molar-refractivity contribution >= 4 is 70.8 Å². The Morgan fingerprint density at radius 3 is 1.46 bits per heavy atom. The van der Waals surface area contributed by atoms with Gasteiger partial charge < -0.3 is 21.3 Å². The average molecular weight is 1210 g/mol. The standard InChI is InChI=1S/C29H34FN9O4S.C28H32F2N8O2S/c1-36-12-14-37(15-13-36)21-7-9-22(10-8-21)38-29-26(28(31)32-18-33-29)27(34-38)19-6-11-24(23(30)16-19)35-44(42,43)17-20-4-2-3-5-25(20)39(40)41;1-36-12-14-37(15-13-36)19-7-9-20(10-8-19)38-28-25(27(31)32-17-33-28)26(34-38)18-6-11-23(22(30)16-18)35-41(39,40)24-5-3-2-4-21(24)29/h2-6,11,16,18,21-22,35H,7-10,12-15,17H2,1H3,(H2,31,32,33);2-6,11,16-17,19-20,35H,7-10,12-15H2,1H3,(H2,31,32,33). The molecule has 12 rings (SSSR count). The number of sulfonamides is 2. The minimum atomic E-state index is -4.34. The number of nitrogen functional groups attached to an aromatic ring is 2. The molecule has 85 heavy (non-hydrogen) atoms. The zero-order valence-electron chi connectivity index (χ0n) is 46.9. The highest BCUT2D eigenvalue weighted by molar-refractivity contribution is 7.92. The first-order valence-electron chi connectivity index (χ1n) is 28.2. The van der Waals surface area contributed by atoms with Gasteiger partial charge >= 0.3 is 0 Å². The summed E-state index contributed by atoms with van der Waals surface area (Å²) in [7, 11) is -4.20. The Kier molecular flexibility index (Phi) is 17.0. The third-order valence-electron chi connectivity index (χ3n) is 16.8. The Bertz CT molecular complexity index is 3990. The van der Waals surface area contributed by atoms with Crippen LogP contribution in [0.15, 0.2) is 102 Å². The van der Waals surface area contributed by atoms with Gasteiger partial charge in [0.2, 0.25) is 10.0 Å². The van der Waals surface area contributed by atoms with E-state index >= 15 is 8.78 Å². The Morgan fingerprint density at radius 1 is 0.565 bits per heavy atom. The second kappa shape index (κ2) is 24.6. The number of anilines is 4. The summed E-state index contributed by atoms with van der Waals surface area (Å²) >= 11 is 0. The van der Waals surface area contributed by atoms with Gasteiger partial charge in [-0.05, 0) is 102 Å². The molecule has 8 aromatic rings. The molecule has 2 saturated heterocycles. The van der Waals surface area contributed by atoms with Gasteiger partial charge in [-0.2, -0.15) is 10.2 Å². The van der Waals surface area contributed by atoms with Crippen LogP contribution in [0.2, 0.25) is 0 Å². The van der Waals surface area contributed by atoms with Gasteiger partial charge in [0, 0.05) is 87.2 Å². The molecule has 23 nitrogen and oxygen atoms in total. The molecule has 4 aromatic carbocycles. The molecule has 4 fully saturated rings. The molecule has 0 radical (unpaired) electrons. The van der Waals surface area contributed by atoms with E-state index in [-0.39, 0.29) is 46.3 Å². The van der Waals surface area contributed by atoms with Crippen molar-refractivity contribution in [2.45, 2.75) is 86.2 Å². The molecular weight excluding hydrogens is 1140 g/mol. The lowest BCUT2D eigenvalue weighted by Gasteiger charge is -2.41. The van der Waals surface area contributed by atoms with E-state index < -0.39 is 53.1 Å². The summed E-state index contributed by atoms with van der Waals surface area (Å²) in [5.74, 6) is -2.84. The molecule has 0 unspecified atom stereocenters. The summed E-state index contributed by atoms with van der Waals surface area (Å²) in [6.07, 6.45) is 10.7. The van der Waals surface area contributed by atoms with Crippen molar-refractivity contribution in [1.82, 2.24) is 59.1 Å². The van der Waals surface area contributed by atoms with Gasteiger partial charge in [0.1, 0.15) is 63.8 Å². The molecule has 2 aliphatic carbocycles. The van der Waals surface area contributed by atoms with Crippen LogP contribution in [0.4, 0.5) is 41.9 Å². The number of halogens is 3. The Morgan fingerprint density at radius 2 is 1.00 bits per heavy atom. The minimum absolute atomic E-state index is 0.00733. The van der Waals surface area contributed by atoms with Gasteiger partial charge in [0.05, 0.1) is 39.2 Å². The number of nitrogens with zero attached hydrogens (tertiary/aromatic N) is 13. The van der Waals surface area contributed by atoms with E-state index in [1.165, 1.54) is 73.3 Å². The maximum atomic E-state index is 15.4. The molecule has 6 N–H and O–H groups in total. The largest absolute Gasteiger partial charge is 0.383 e. The number of fused-ring (bicyclic) bond motifs is 2. The van der Waals surface area contributed by atoms with Crippen molar-refractivity contribution in [2.24, 2.45) is 0 Å². The van der Waals surface area contributed by atoms with E-state index in [1.807, 2.05) is 9.36 Å². The number of hydrogen-bond donors (Lipinski definition) is 4. The average Bonchev–Trinajstić information content (AvgIpc) is 4.28. The van der Waals surface area contributed by atoms with Gasteiger partial charge in [-0.25, -0.2) is 59.3 Å². The summed E-state index contributed by atoms with van der Waals surface area (Å²) in [6.45, 7) is 8.66. The third kappa shape index (κ3) is 12.7.